The lowest BCUT2D eigenvalue weighted by atomic mass is 9.81. The number of anilines is 3. The van der Waals surface area contributed by atoms with Gasteiger partial charge in [0.2, 0.25) is 11.9 Å². The average Bonchev–Trinajstić information content (AvgIpc) is 3.11. The molecule has 5 rings (SSSR count). The van der Waals surface area contributed by atoms with Crippen molar-refractivity contribution in [3.8, 4) is 11.1 Å². The number of aromatic nitrogens is 2. The lowest BCUT2D eigenvalue weighted by Gasteiger charge is -2.21. The number of nitrogens with one attached hydrogen (secondary N) is 1. The minimum Gasteiger partial charge on any atom is -0.322 e. The Labute approximate surface area is 219 Å². The van der Waals surface area contributed by atoms with Crippen LogP contribution in [-0.2, 0) is 16.4 Å². The van der Waals surface area contributed by atoms with Crippen LogP contribution in [0.4, 0.5) is 39.3 Å². The smallest absolute Gasteiger partial charge is 0.322 e. The van der Waals surface area contributed by atoms with E-state index in [4.69, 9.17) is 0 Å². The van der Waals surface area contributed by atoms with Crippen LogP contribution in [0.15, 0.2) is 73.1 Å². The highest BCUT2D eigenvalue weighted by molar-refractivity contribution is 6.13. The maximum atomic E-state index is 13.9. The molecule has 0 unspecified atom stereocenters. The first-order chi connectivity index (χ1) is 18.4. The average molecular weight is 538 g/mol. The summed E-state index contributed by atoms with van der Waals surface area (Å²) in [7, 11) is 0. The van der Waals surface area contributed by atoms with Gasteiger partial charge in [-0.1, -0.05) is 18.2 Å². The van der Waals surface area contributed by atoms with Gasteiger partial charge < -0.3 is 5.32 Å². The summed E-state index contributed by atoms with van der Waals surface area (Å²) in [6, 6.07) is 12.1. The predicted molar refractivity (Wildman–Crippen MR) is 133 cm³/mol. The van der Waals surface area contributed by atoms with Crippen LogP contribution in [0.5, 0.6) is 0 Å². The van der Waals surface area contributed by atoms with Gasteiger partial charge in [0.25, 0.3) is 5.91 Å². The molecule has 1 aliphatic heterocycles. The van der Waals surface area contributed by atoms with E-state index < -0.39 is 40.3 Å². The molecular weight excluding hydrogens is 519 g/mol. The van der Waals surface area contributed by atoms with Crippen molar-refractivity contribution in [1.29, 1.82) is 0 Å². The molecule has 4 aromatic rings. The highest BCUT2D eigenvalue weighted by atomic mass is 19.4. The Kier molecular flexibility index (Phi) is 6.16. The zero-order valence-electron chi connectivity index (χ0n) is 20.5. The van der Waals surface area contributed by atoms with Crippen LogP contribution >= 0.6 is 0 Å². The van der Waals surface area contributed by atoms with Crippen LogP contribution < -0.4 is 10.2 Å². The number of hydrogen-bond acceptors (Lipinski definition) is 4. The predicted octanol–water partition coefficient (Wildman–Crippen LogP) is 6.65. The third kappa shape index (κ3) is 4.49. The molecule has 0 aliphatic carbocycles. The van der Waals surface area contributed by atoms with E-state index in [1.165, 1.54) is 23.4 Å². The van der Waals surface area contributed by atoms with E-state index in [0.29, 0.717) is 22.9 Å². The van der Waals surface area contributed by atoms with Crippen molar-refractivity contribution in [3.05, 3.63) is 101 Å². The molecule has 39 heavy (non-hydrogen) atoms. The topological polar surface area (TPSA) is 75.2 Å². The van der Waals surface area contributed by atoms with Crippen LogP contribution in [0.2, 0.25) is 0 Å². The van der Waals surface area contributed by atoms with E-state index in [0.717, 1.165) is 24.3 Å². The number of fused-ring (bicyclic) bond motifs is 1. The molecule has 198 valence electrons. The molecule has 3 aromatic carbocycles. The van der Waals surface area contributed by atoms with Gasteiger partial charge in [0, 0.05) is 24.1 Å². The second-order valence-electron chi connectivity index (χ2n) is 9.36. The van der Waals surface area contributed by atoms with Crippen LogP contribution in [-0.4, -0.2) is 21.8 Å². The van der Waals surface area contributed by atoms with Crippen molar-refractivity contribution in [2.75, 3.05) is 10.2 Å². The number of alkyl halides is 3. The quantitative estimate of drug-likeness (QED) is 0.295. The largest absolute Gasteiger partial charge is 0.417 e. The fourth-order valence-electron chi connectivity index (χ4n) is 4.64. The third-order valence-corrected chi connectivity index (χ3v) is 6.46. The monoisotopic (exact) mass is 538 g/mol. The summed E-state index contributed by atoms with van der Waals surface area (Å²) in [5, 5.41) is 2.20. The lowest BCUT2D eigenvalue weighted by molar-refractivity contribution is -0.137. The molecular formula is C28H19F5N4O2. The number of nitrogens with zero attached hydrogens (tertiary/aromatic N) is 3. The number of rotatable bonds is 4. The van der Waals surface area contributed by atoms with Crippen LogP contribution in [0, 0.1) is 11.6 Å². The highest BCUT2D eigenvalue weighted by Crippen LogP contribution is 2.49. The van der Waals surface area contributed by atoms with E-state index in [1.807, 2.05) is 0 Å². The molecule has 2 amide bonds. The van der Waals surface area contributed by atoms with Gasteiger partial charge in [0.05, 0.1) is 22.2 Å². The number of carbonyl (C=O) groups is 2. The third-order valence-electron chi connectivity index (χ3n) is 6.46. The molecule has 0 radical (unpaired) electrons. The highest BCUT2D eigenvalue weighted by Gasteiger charge is 2.47. The van der Waals surface area contributed by atoms with Gasteiger partial charge in [-0.3, -0.25) is 9.59 Å². The van der Waals surface area contributed by atoms with Crippen molar-refractivity contribution >= 4 is 29.1 Å². The van der Waals surface area contributed by atoms with Gasteiger partial charge in [0.1, 0.15) is 0 Å². The number of amides is 2. The van der Waals surface area contributed by atoms with Gasteiger partial charge in [-0.2, -0.15) is 13.2 Å². The molecule has 1 N–H and O–H groups in total. The molecule has 0 bridgehead atoms. The molecule has 2 heterocycles. The first-order valence-corrected chi connectivity index (χ1v) is 11.6. The molecule has 11 heteroatoms. The Bertz CT molecular complexity index is 1620. The molecule has 0 fully saturated rings. The van der Waals surface area contributed by atoms with Gasteiger partial charge in [-0.25, -0.2) is 23.6 Å². The second-order valence-corrected chi connectivity index (χ2v) is 9.36. The summed E-state index contributed by atoms with van der Waals surface area (Å²) in [5.74, 6) is -3.80. The zero-order valence-corrected chi connectivity index (χ0v) is 20.5. The summed E-state index contributed by atoms with van der Waals surface area (Å²) in [6.45, 7) is 3.36. The van der Waals surface area contributed by atoms with E-state index in [-0.39, 0.29) is 23.1 Å². The summed E-state index contributed by atoms with van der Waals surface area (Å²) in [6.07, 6.45) is -1.91. The van der Waals surface area contributed by atoms with Gasteiger partial charge in [0.15, 0.2) is 11.6 Å². The fourth-order valence-corrected chi connectivity index (χ4v) is 4.64. The van der Waals surface area contributed by atoms with Gasteiger partial charge >= 0.3 is 6.18 Å². The maximum absolute atomic E-state index is 13.9. The summed E-state index contributed by atoms with van der Waals surface area (Å²) in [4.78, 5) is 36.2. The maximum Gasteiger partial charge on any atom is 0.417 e. The summed E-state index contributed by atoms with van der Waals surface area (Å²) >= 11 is 0. The number of carbonyl (C=O) groups excluding carboxylic acids is 2. The molecule has 0 spiro atoms. The van der Waals surface area contributed by atoms with Crippen molar-refractivity contribution in [2.45, 2.75) is 25.4 Å². The van der Waals surface area contributed by atoms with Crippen LogP contribution in [0.3, 0.4) is 0 Å². The Morgan fingerprint density at radius 2 is 1.64 bits per heavy atom. The normalized spacial score (nSPS) is 14.3. The Morgan fingerprint density at radius 3 is 2.31 bits per heavy atom. The van der Waals surface area contributed by atoms with Crippen molar-refractivity contribution in [3.63, 3.8) is 0 Å². The molecule has 1 aliphatic rings. The number of benzene rings is 3. The Hall–Kier alpha value is -4.67. The van der Waals surface area contributed by atoms with E-state index in [9.17, 15) is 31.5 Å². The van der Waals surface area contributed by atoms with Crippen LogP contribution in [0.1, 0.15) is 35.3 Å². The lowest BCUT2D eigenvalue weighted by Crippen LogP contribution is -2.34. The molecule has 0 atom stereocenters. The Balaban J connectivity index is 1.64. The van der Waals surface area contributed by atoms with Gasteiger partial charge in [-0.05, 0) is 66.9 Å². The SMILES string of the molecule is CC1(C)C(=O)N(c2ncccn2)c2cccc(-c3ccc(C(F)(F)F)c(C(=O)Nc4ccc(F)c(F)c4)c3)c21. The van der Waals surface area contributed by atoms with E-state index in [1.54, 1.807) is 38.1 Å². The van der Waals surface area contributed by atoms with Crippen molar-refractivity contribution in [2.24, 2.45) is 0 Å². The van der Waals surface area contributed by atoms with Crippen molar-refractivity contribution < 1.29 is 31.5 Å². The molecule has 6 nitrogen and oxygen atoms in total. The standard InChI is InChI=1S/C28H19F5N4O2/c1-27(2)23-17(5-3-6-22(23)37(25(27)39)26-34-11-4-12-35-26)15-7-9-19(28(31,32)33)18(13-15)24(38)36-16-8-10-20(29)21(30)14-16/h3-14H,1-2H3,(H,36,38). The number of halogens is 5. The minimum absolute atomic E-state index is 0.144. The van der Waals surface area contributed by atoms with E-state index in [2.05, 4.69) is 15.3 Å². The first-order valence-electron chi connectivity index (χ1n) is 11.6. The first kappa shape index (κ1) is 26.0. The second kappa shape index (κ2) is 9.26. The van der Waals surface area contributed by atoms with Crippen molar-refractivity contribution in [1.82, 2.24) is 9.97 Å². The van der Waals surface area contributed by atoms with Crippen LogP contribution in [0.25, 0.3) is 11.1 Å². The minimum atomic E-state index is -4.88. The Morgan fingerprint density at radius 1 is 0.923 bits per heavy atom. The number of hydrogen-bond donors (Lipinski definition) is 1. The summed E-state index contributed by atoms with van der Waals surface area (Å²) in [5.41, 5.74) is -1.62. The van der Waals surface area contributed by atoms with Gasteiger partial charge in [-0.15, -0.1) is 0 Å². The zero-order chi connectivity index (χ0) is 28.1. The van der Waals surface area contributed by atoms with E-state index >= 15 is 0 Å². The fraction of sp³-hybridized carbons (Fsp3) is 0.143. The molecule has 1 aromatic heterocycles. The summed E-state index contributed by atoms with van der Waals surface area (Å²) < 4.78 is 68.5. The molecule has 0 saturated carbocycles. The molecule has 0 saturated heterocycles.